The molecule has 0 saturated heterocycles. The summed E-state index contributed by atoms with van der Waals surface area (Å²) >= 11 is 6.15. The molecule has 0 radical (unpaired) electrons. The van der Waals surface area contributed by atoms with Crippen LogP contribution in [0, 0.1) is 6.92 Å². The van der Waals surface area contributed by atoms with E-state index in [1.807, 2.05) is 26.0 Å². The lowest BCUT2D eigenvalue weighted by atomic mass is 10.1. The van der Waals surface area contributed by atoms with Gasteiger partial charge in [0.2, 0.25) is 5.91 Å². The highest BCUT2D eigenvalue weighted by Gasteiger charge is 2.24. The maximum Gasteiger partial charge on any atom is 0.252 e. The highest BCUT2D eigenvalue weighted by atomic mass is 35.5. The molecule has 6 heteroatoms. The third kappa shape index (κ3) is 3.55. The minimum atomic E-state index is -0.701. The van der Waals surface area contributed by atoms with Gasteiger partial charge in [0.05, 0.1) is 23.3 Å². The van der Waals surface area contributed by atoms with Crippen molar-refractivity contribution in [3.63, 3.8) is 0 Å². The second-order valence-corrected chi connectivity index (χ2v) is 6.69. The quantitative estimate of drug-likeness (QED) is 0.701. The number of hydrogen-bond acceptors (Lipinski definition) is 3. The van der Waals surface area contributed by atoms with Crippen LogP contribution in [0.3, 0.4) is 0 Å². The van der Waals surface area contributed by atoms with Crippen LogP contribution in [0.5, 0.6) is 5.75 Å². The molecule has 27 heavy (non-hydrogen) atoms. The molecule has 1 atom stereocenters. The van der Waals surface area contributed by atoms with Crippen molar-refractivity contribution in [3.8, 4) is 5.75 Å². The normalized spacial score (nSPS) is 12.0. The lowest BCUT2D eigenvalue weighted by Crippen LogP contribution is -2.33. The number of anilines is 1. The minimum absolute atomic E-state index is 0.245. The highest BCUT2D eigenvalue weighted by Crippen LogP contribution is 2.30. The van der Waals surface area contributed by atoms with Gasteiger partial charge >= 0.3 is 0 Å². The van der Waals surface area contributed by atoms with Crippen LogP contribution in [-0.2, 0) is 4.79 Å². The zero-order chi connectivity index (χ0) is 19.6. The minimum Gasteiger partial charge on any atom is -0.495 e. The molecule has 0 spiro atoms. The van der Waals surface area contributed by atoms with E-state index in [1.54, 1.807) is 43.5 Å². The first-order chi connectivity index (χ1) is 13.0. The average Bonchev–Trinajstić information content (AvgIpc) is 2.66. The van der Waals surface area contributed by atoms with E-state index < -0.39 is 6.04 Å². The van der Waals surface area contributed by atoms with Crippen LogP contribution < -0.4 is 15.6 Å². The van der Waals surface area contributed by atoms with Crippen molar-refractivity contribution in [1.29, 1.82) is 0 Å². The molecule has 0 aliphatic heterocycles. The number of para-hydroxylation sites is 2. The summed E-state index contributed by atoms with van der Waals surface area (Å²) in [6.45, 7) is 3.74. The van der Waals surface area contributed by atoms with Crippen molar-refractivity contribution in [2.45, 2.75) is 26.3 Å². The van der Waals surface area contributed by atoms with Gasteiger partial charge in [0.25, 0.3) is 5.56 Å². The monoisotopic (exact) mass is 384 g/mol. The Morgan fingerprint density at radius 3 is 2.63 bits per heavy atom. The third-order valence-corrected chi connectivity index (χ3v) is 4.92. The van der Waals surface area contributed by atoms with E-state index in [0.29, 0.717) is 28.4 Å². The standard InChI is InChI=1S/C21H21ClN2O3/c1-4-17(21(26)23-16-10-6-5-9-15(16)22)24-19(25)12-13(2)14-8-7-11-18(27-3)20(14)24/h5-12,17H,4H2,1-3H3,(H,23,26). The maximum atomic E-state index is 13.0. The number of amides is 1. The fourth-order valence-electron chi connectivity index (χ4n) is 3.27. The number of rotatable bonds is 5. The Hall–Kier alpha value is -2.79. The van der Waals surface area contributed by atoms with Gasteiger partial charge in [-0.25, -0.2) is 0 Å². The van der Waals surface area contributed by atoms with E-state index in [9.17, 15) is 9.59 Å². The van der Waals surface area contributed by atoms with Crippen LogP contribution in [0.1, 0.15) is 24.9 Å². The molecule has 0 fully saturated rings. The zero-order valence-corrected chi connectivity index (χ0v) is 16.2. The summed E-state index contributed by atoms with van der Waals surface area (Å²) in [5, 5.41) is 4.15. The number of halogens is 1. The molecule has 1 unspecified atom stereocenters. The van der Waals surface area contributed by atoms with Crippen LogP contribution in [0.4, 0.5) is 5.69 Å². The van der Waals surface area contributed by atoms with Gasteiger partial charge in [0.1, 0.15) is 11.8 Å². The number of nitrogens with one attached hydrogen (secondary N) is 1. The van der Waals surface area contributed by atoms with Gasteiger partial charge in [0.15, 0.2) is 0 Å². The second-order valence-electron chi connectivity index (χ2n) is 6.29. The lowest BCUT2D eigenvalue weighted by Gasteiger charge is -2.22. The number of nitrogens with zero attached hydrogens (tertiary/aromatic N) is 1. The summed E-state index contributed by atoms with van der Waals surface area (Å²) in [6.07, 6.45) is 0.437. The molecule has 1 aromatic heterocycles. The molecule has 0 aliphatic rings. The van der Waals surface area contributed by atoms with Gasteiger partial charge in [-0.05, 0) is 37.1 Å². The number of hydrogen-bond donors (Lipinski definition) is 1. The SMILES string of the molecule is CCC(C(=O)Nc1ccccc1Cl)n1c(=O)cc(C)c2cccc(OC)c21. The highest BCUT2D eigenvalue weighted by molar-refractivity contribution is 6.33. The summed E-state index contributed by atoms with van der Waals surface area (Å²) in [5.41, 5.74) is 1.72. The molecule has 2 aromatic carbocycles. The van der Waals surface area contributed by atoms with Crippen LogP contribution >= 0.6 is 11.6 Å². The number of aromatic nitrogens is 1. The fraction of sp³-hybridized carbons (Fsp3) is 0.238. The molecule has 3 rings (SSSR count). The van der Waals surface area contributed by atoms with Crippen LogP contribution in [0.15, 0.2) is 53.3 Å². The van der Waals surface area contributed by atoms with Gasteiger partial charge < -0.3 is 10.1 Å². The molecule has 140 valence electrons. The molecule has 0 bridgehead atoms. The Balaban J connectivity index is 2.15. The molecule has 5 nitrogen and oxygen atoms in total. The van der Waals surface area contributed by atoms with E-state index >= 15 is 0 Å². The first kappa shape index (κ1) is 19.0. The number of methoxy groups -OCH3 is 1. The molecule has 1 amide bonds. The molecule has 3 aromatic rings. The molecule has 1 heterocycles. The zero-order valence-electron chi connectivity index (χ0n) is 15.5. The topological polar surface area (TPSA) is 60.3 Å². The van der Waals surface area contributed by atoms with Gasteiger partial charge in [-0.2, -0.15) is 0 Å². The van der Waals surface area contributed by atoms with E-state index in [2.05, 4.69) is 5.32 Å². The van der Waals surface area contributed by atoms with Gasteiger partial charge in [-0.15, -0.1) is 0 Å². The smallest absolute Gasteiger partial charge is 0.252 e. The number of fused-ring (bicyclic) bond motifs is 1. The number of aryl methyl sites for hydroxylation is 1. The lowest BCUT2D eigenvalue weighted by molar-refractivity contribution is -0.119. The Kier molecular flexibility index (Phi) is 5.51. The Morgan fingerprint density at radius 1 is 1.22 bits per heavy atom. The molecular formula is C21H21ClN2O3. The summed E-state index contributed by atoms with van der Waals surface area (Å²) in [4.78, 5) is 25.9. The third-order valence-electron chi connectivity index (χ3n) is 4.59. The van der Waals surface area contributed by atoms with E-state index in [0.717, 1.165) is 10.9 Å². The van der Waals surface area contributed by atoms with Crippen molar-refractivity contribution >= 4 is 34.1 Å². The Labute approximate surface area is 162 Å². The Bertz CT molecular complexity index is 1060. The van der Waals surface area contributed by atoms with E-state index in [-0.39, 0.29) is 11.5 Å². The van der Waals surface area contributed by atoms with Crippen molar-refractivity contribution < 1.29 is 9.53 Å². The predicted octanol–water partition coefficient (Wildman–Crippen LogP) is 4.56. The number of ether oxygens (including phenoxy) is 1. The number of carbonyl (C=O) groups excluding carboxylic acids is 1. The van der Waals surface area contributed by atoms with Crippen molar-refractivity contribution in [1.82, 2.24) is 4.57 Å². The predicted molar refractivity (Wildman–Crippen MR) is 109 cm³/mol. The fourth-order valence-corrected chi connectivity index (χ4v) is 3.45. The van der Waals surface area contributed by atoms with Gasteiger partial charge in [-0.1, -0.05) is 42.8 Å². The van der Waals surface area contributed by atoms with E-state index in [1.165, 1.54) is 4.57 Å². The molecular weight excluding hydrogens is 364 g/mol. The van der Waals surface area contributed by atoms with Crippen molar-refractivity contribution in [3.05, 3.63) is 69.5 Å². The number of carbonyl (C=O) groups is 1. The van der Waals surface area contributed by atoms with E-state index in [4.69, 9.17) is 16.3 Å². The maximum absolute atomic E-state index is 13.0. The summed E-state index contributed by atoms with van der Waals surface area (Å²) in [6, 6.07) is 13.4. The largest absolute Gasteiger partial charge is 0.495 e. The average molecular weight is 385 g/mol. The van der Waals surface area contributed by atoms with Gasteiger partial charge in [-0.3, -0.25) is 14.2 Å². The summed E-state index contributed by atoms with van der Waals surface area (Å²) < 4.78 is 6.98. The van der Waals surface area contributed by atoms with Crippen molar-refractivity contribution in [2.24, 2.45) is 0 Å². The van der Waals surface area contributed by atoms with Crippen LogP contribution in [0.25, 0.3) is 10.9 Å². The first-order valence-corrected chi connectivity index (χ1v) is 9.10. The first-order valence-electron chi connectivity index (χ1n) is 8.72. The van der Waals surface area contributed by atoms with Crippen LogP contribution in [-0.4, -0.2) is 17.6 Å². The summed E-state index contributed by atoms with van der Waals surface area (Å²) in [5.74, 6) is 0.251. The Morgan fingerprint density at radius 2 is 1.96 bits per heavy atom. The van der Waals surface area contributed by atoms with Crippen LogP contribution in [0.2, 0.25) is 5.02 Å². The molecule has 0 saturated carbocycles. The molecule has 1 N–H and O–H groups in total. The second kappa shape index (κ2) is 7.84. The van der Waals surface area contributed by atoms with Gasteiger partial charge in [0, 0.05) is 11.5 Å². The number of benzene rings is 2. The summed E-state index contributed by atoms with van der Waals surface area (Å²) in [7, 11) is 1.55. The molecule has 0 aliphatic carbocycles. The number of pyridine rings is 1. The van der Waals surface area contributed by atoms with Crippen molar-refractivity contribution in [2.75, 3.05) is 12.4 Å².